The molecule has 14 rings (SSSR count). The van der Waals surface area contributed by atoms with Gasteiger partial charge in [-0.25, -0.2) is 0 Å². The summed E-state index contributed by atoms with van der Waals surface area (Å²) in [5.41, 5.74) is 18.7. The van der Waals surface area contributed by atoms with Crippen LogP contribution in [-0.4, -0.2) is 0 Å². The molecule has 2 nitrogen and oxygen atoms in total. The molecule has 0 unspecified atom stereocenters. The van der Waals surface area contributed by atoms with Crippen molar-refractivity contribution in [3.8, 4) is 44.5 Å². The molecule has 0 atom stereocenters. The van der Waals surface area contributed by atoms with Gasteiger partial charge in [0, 0.05) is 39.2 Å². The molecule has 0 amide bonds. The Bertz CT molecular complexity index is 3080. The lowest BCUT2D eigenvalue weighted by molar-refractivity contribution is -0.0399. The standard InChI is InChI=1S/C58H45NO/c1-4-13-39(14-5-1)42-23-28-54(50(34-42)41-17-8-3-9-18-41)59(46-24-26-49-48-19-10-11-22-55(48)60-56(49)36-46)45-25-27-52-51(35-45)57-47(40-15-6-2-7-16-40)20-12-21-53(57)58(52)43-30-37-29-38(32-43)33-44(58)31-37/h1-28,34-38,43-44H,29-33H2. The summed E-state index contributed by atoms with van der Waals surface area (Å²) in [5.74, 6) is 3.15. The maximum atomic E-state index is 6.60. The van der Waals surface area contributed by atoms with E-state index in [4.69, 9.17) is 4.42 Å². The molecule has 0 saturated heterocycles. The summed E-state index contributed by atoms with van der Waals surface area (Å²) in [4.78, 5) is 2.50. The zero-order valence-corrected chi connectivity index (χ0v) is 33.6. The van der Waals surface area contributed by atoms with Gasteiger partial charge in [0.15, 0.2) is 0 Å². The van der Waals surface area contributed by atoms with Gasteiger partial charge >= 0.3 is 0 Å². The van der Waals surface area contributed by atoms with Crippen LogP contribution < -0.4 is 4.90 Å². The summed E-state index contributed by atoms with van der Waals surface area (Å²) in [5, 5.41) is 2.28. The summed E-state index contributed by atoms with van der Waals surface area (Å²) in [6, 6.07) is 69.8. The zero-order chi connectivity index (χ0) is 39.4. The second-order valence-electron chi connectivity index (χ2n) is 18.1. The average Bonchev–Trinajstić information content (AvgIpc) is 3.82. The molecule has 2 heteroatoms. The Morgan fingerprint density at radius 2 is 1.02 bits per heavy atom. The van der Waals surface area contributed by atoms with Gasteiger partial charge in [-0.15, -0.1) is 0 Å². The summed E-state index contributed by atoms with van der Waals surface area (Å²) in [6.07, 6.45) is 6.90. The van der Waals surface area contributed by atoms with Crippen molar-refractivity contribution < 1.29 is 4.42 Å². The molecule has 4 bridgehead atoms. The van der Waals surface area contributed by atoms with E-state index in [2.05, 4.69) is 193 Å². The Hall–Kier alpha value is -6.64. The average molecular weight is 772 g/mol. The first kappa shape index (κ1) is 34.2. The number of anilines is 3. The van der Waals surface area contributed by atoms with Crippen molar-refractivity contribution in [1.29, 1.82) is 0 Å². The van der Waals surface area contributed by atoms with Crippen LogP contribution in [0.2, 0.25) is 0 Å². The predicted octanol–water partition coefficient (Wildman–Crippen LogP) is 15.8. The van der Waals surface area contributed by atoms with E-state index in [1.165, 1.54) is 76.6 Å². The minimum Gasteiger partial charge on any atom is -0.456 e. The molecule has 1 spiro atoms. The molecule has 1 heterocycles. The van der Waals surface area contributed by atoms with Gasteiger partial charge in [-0.2, -0.15) is 0 Å². The fourth-order valence-corrected chi connectivity index (χ4v) is 12.9. The molecule has 1 aromatic heterocycles. The lowest BCUT2D eigenvalue weighted by atomic mass is 9.43. The first-order valence-corrected chi connectivity index (χ1v) is 22.0. The van der Waals surface area contributed by atoms with Gasteiger partial charge in [-0.1, -0.05) is 140 Å². The lowest BCUT2D eigenvalue weighted by Gasteiger charge is -2.61. The van der Waals surface area contributed by atoms with E-state index in [0.29, 0.717) is 11.8 Å². The van der Waals surface area contributed by atoms with Crippen molar-refractivity contribution in [2.75, 3.05) is 4.90 Å². The minimum atomic E-state index is 0.0615. The van der Waals surface area contributed by atoms with Gasteiger partial charge in [-0.05, 0) is 148 Å². The Kier molecular flexibility index (Phi) is 7.52. The third-order valence-electron chi connectivity index (χ3n) is 15.0. The number of hydrogen-bond acceptors (Lipinski definition) is 2. The van der Waals surface area contributed by atoms with E-state index >= 15 is 0 Å². The molecule has 5 aliphatic rings. The number of para-hydroxylation sites is 1. The zero-order valence-electron chi connectivity index (χ0n) is 33.6. The smallest absolute Gasteiger partial charge is 0.137 e. The summed E-state index contributed by atoms with van der Waals surface area (Å²) < 4.78 is 6.60. The van der Waals surface area contributed by atoms with Crippen LogP contribution in [0.25, 0.3) is 66.4 Å². The van der Waals surface area contributed by atoms with E-state index in [1.54, 1.807) is 11.1 Å². The molecule has 288 valence electrons. The minimum absolute atomic E-state index is 0.0615. The van der Waals surface area contributed by atoms with E-state index in [9.17, 15) is 0 Å². The summed E-state index contributed by atoms with van der Waals surface area (Å²) in [6.45, 7) is 0. The molecular weight excluding hydrogens is 727 g/mol. The van der Waals surface area contributed by atoms with Gasteiger partial charge in [0.1, 0.15) is 11.2 Å². The van der Waals surface area contributed by atoms with Crippen molar-refractivity contribution in [2.45, 2.75) is 37.5 Å². The normalized spacial score (nSPS) is 22.1. The van der Waals surface area contributed by atoms with E-state index < -0.39 is 0 Å². The van der Waals surface area contributed by atoms with E-state index in [0.717, 1.165) is 50.8 Å². The maximum absolute atomic E-state index is 6.60. The molecule has 8 aromatic carbocycles. The van der Waals surface area contributed by atoms with Gasteiger partial charge in [0.05, 0.1) is 5.69 Å². The molecule has 4 saturated carbocycles. The van der Waals surface area contributed by atoms with Crippen molar-refractivity contribution in [1.82, 2.24) is 0 Å². The van der Waals surface area contributed by atoms with Crippen LogP contribution in [0.15, 0.2) is 192 Å². The fraction of sp³-hybridized carbons (Fsp3) is 0.172. The topological polar surface area (TPSA) is 16.4 Å². The highest BCUT2D eigenvalue weighted by atomic mass is 16.3. The molecule has 60 heavy (non-hydrogen) atoms. The Labute approximate surface area is 351 Å². The van der Waals surface area contributed by atoms with Crippen molar-refractivity contribution in [2.24, 2.45) is 23.7 Å². The first-order chi connectivity index (χ1) is 29.7. The third-order valence-corrected chi connectivity index (χ3v) is 15.0. The fourth-order valence-electron chi connectivity index (χ4n) is 12.9. The highest BCUT2D eigenvalue weighted by Crippen LogP contribution is 2.70. The second kappa shape index (κ2) is 13.2. The number of rotatable bonds is 6. The van der Waals surface area contributed by atoms with E-state index in [-0.39, 0.29) is 5.41 Å². The van der Waals surface area contributed by atoms with Crippen LogP contribution in [0.1, 0.15) is 43.2 Å². The van der Waals surface area contributed by atoms with Crippen molar-refractivity contribution in [3.63, 3.8) is 0 Å². The Morgan fingerprint density at radius 1 is 0.400 bits per heavy atom. The summed E-state index contributed by atoms with van der Waals surface area (Å²) in [7, 11) is 0. The number of nitrogens with zero attached hydrogens (tertiary/aromatic N) is 1. The first-order valence-electron chi connectivity index (χ1n) is 22.0. The molecule has 5 aliphatic carbocycles. The van der Waals surface area contributed by atoms with E-state index in [1.807, 2.05) is 0 Å². The Morgan fingerprint density at radius 3 is 1.75 bits per heavy atom. The van der Waals surface area contributed by atoms with Crippen LogP contribution in [0, 0.1) is 23.7 Å². The van der Waals surface area contributed by atoms with Gasteiger partial charge in [0.2, 0.25) is 0 Å². The number of furan rings is 1. The molecule has 0 aliphatic heterocycles. The molecule has 4 fully saturated rings. The predicted molar refractivity (Wildman–Crippen MR) is 248 cm³/mol. The van der Waals surface area contributed by atoms with Crippen molar-refractivity contribution >= 4 is 39.0 Å². The van der Waals surface area contributed by atoms with Crippen LogP contribution >= 0.6 is 0 Å². The summed E-state index contributed by atoms with van der Waals surface area (Å²) >= 11 is 0. The van der Waals surface area contributed by atoms with Gasteiger partial charge in [-0.3, -0.25) is 0 Å². The van der Waals surface area contributed by atoms with Crippen molar-refractivity contribution in [3.05, 3.63) is 199 Å². The molecule has 9 aromatic rings. The number of fused-ring (bicyclic) bond motifs is 6. The van der Waals surface area contributed by atoms with Crippen LogP contribution in [-0.2, 0) is 5.41 Å². The highest BCUT2D eigenvalue weighted by Gasteiger charge is 2.61. The molecule has 0 N–H and O–H groups in total. The second-order valence-corrected chi connectivity index (χ2v) is 18.1. The van der Waals surface area contributed by atoms with Crippen LogP contribution in [0.5, 0.6) is 0 Å². The number of benzene rings is 8. The molecule has 0 radical (unpaired) electrons. The quantitative estimate of drug-likeness (QED) is 0.167. The Balaban J connectivity index is 1.08. The van der Waals surface area contributed by atoms with Gasteiger partial charge < -0.3 is 9.32 Å². The monoisotopic (exact) mass is 771 g/mol. The van der Waals surface area contributed by atoms with Crippen LogP contribution in [0.4, 0.5) is 17.1 Å². The molecular formula is C58H45NO. The largest absolute Gasteiger partial charge is 0.456 e. The third kappa shape index (κ3) is 5.00. The van der Waals surface area contributed by atoms with Crippen LogP contribution in [0.3, 0.4) is 0 Å². The number of hydrogen-bond donors (Lipinski definition) is 0. The van der Waals surface area contributed by atoms with Gasteiger partial charge in [0.25, 0.3) is 0 Å². The maximum Gasteiger partial charge on any atom is 0.137 e. The highest BCUT2D eigenvalue weighted by molar-refractivity contribution is 6.06. The SMILES string of the molecule is c1ccc(-c2ccc(N(c3ccc4c(c3)-c3c(-c5ccccc5)cccc3C43C4CC5CC(C4)CC3C5)c3ccc4c(c3)oc3ccccc34)c(-c3ccccc3)c2)cc1. The lowest BCUT2D eigenvalue weighted by Crippen LogP contribution is -2.55.